The number of halogens is 2. The van der Waals surface area contributed by atoms with Gasteiger partial charge in [-0.3, -0.25) is 4.79 Å². The van der Waals surface area contributed by atoms with Crippen molar-refractivity contribution in [3.8, 4) is 11.4 Å². The predicted octanol–water partition coefficient (Wildman–Crippen LogP) is 4.64. The quantitative estimate of drug-likeness (QED) is 0.468. The lowest BCUT2D eigenvalue weighted by Gasteiger charge is -2.35. The van der Waals surface area contributed by atoms with E-state index in [1.807, 2.05) is 12.1 Å². The van der Waals surface area contributed by atoms with Crippen LogP contribution < -0.4 is 4.90 Å². The maximum Gasteiger partial charge on any atom is 0.289 e. The molecule has 0 aliphatic carbocycles. The largest absolute Gasteiger partial charge is 0.459 e. The molecule has 0 saturated carbocycles. The number of aromatic nitrogens is 2. The fourth-order valence-electron chi connectivity index (χ4n) is 3.73. The van der Waals surface area contributed by atoms with Crippen LogP contribution in [0.5, 0.6) is 0 Å². The third-order valence-electron chi connectivity index (χ3n) is 5.34. The van der Waals surface area contributed by atoms with E-state index < -0.39 is 0 Å². The van der Waals surface area contributed by atoms with Crippen LogP contribution in [0.25, 0.3) is 22.3 Å². The lowest BCUT2D eigenvalue weighted by atomic mass is 10.1. The van der Waals surface area contributed by atoms with Gasteiger partial charge in [0.2, 0.25) is 0 Å². The highest BCUT2D eigenvalue weighted by Gasteiger charge is 2.26. The average molecular weight is 437 g/mol. The number of fused-ring (bicyclic) bond motifs is 1. The van der Waals surface area contributed by atoms with Gasteiger partial charge in [0.05, 0.1) is 11.8 Å². The molecule has 156 valence electrons. The van der Waals surface area contributed by atoms with Gasteiger partial charge in [-0.2, -0.15) is 0 Å². The van der Waals surface area contributed by atoms with Gasteiger partial charge < -0.3 is 14.2 Å². The van der Waals surface area contributed by atoms with Gasteiger partial charge in [-0.05, 0) is 54.6 Å². The van der Waals surface area contributed by atoms with E-state index in [9.17, 15) is 9.18 Å². The zero-order valence-electron chi connectivity index (χ0n) is 16.5. The molecule has 1 aliphatic heterocycles. The second-order valence-corrected chi connectivity index (χ2v) is 7.73. The number of nitrogens with zero attached hydrogens (tertiary/aromatic N) is 4. The molecule has 0 atom stereocenters. The van der Waals surface area contributed by atoms with E-state index >= 15 is 0 Å². The van der Waals surface area contributed by atoms with Gasteiger partial charge in [0, 0.05) is 42.2 Å². The number of amides is 1. The molecule has 8 heteroatoms. The minimum absolute atomic E-state index is 0.115. The third-order valence-corrected chi connectivity index (χ3v) is 5.57. The lowest BCUT2D eigenvalue weighted by molar-refractivity contribution is 0.0714. The molecule has 0 N–H and O–H groups in total. The van der Waals surface area contributed by atoms with E-state index in [0.717, 1.165) is 16.8 Å². The molecule has 5 rings (SSSR count). The van der Waals surface area contributed by atoms with Crippen molar-refractivity contribution in [2.75, 3.05) is 31.1 Å². The first-order chi connectivity index (χ1) is 15.1. The number of benzene rings is 2. The van der Waals surface area contributed by atoms with Crippen molar-refractivity contribution in [1.29, 1.82) is 0 Å². The van der Waals surface area contributed by atoms with Crippen LogP contribution >= 0.6 is 11.6 Å². The van der Waals surface area contributed by atoms with Crippen molar-refractivity contribution >= 4 is 34.2 Å². The maximum absolute atomic E-state index is 13.4. The molecule has 1 aliphatic rings. The standard InChI is InChI=1S/C23H18ClFN4O2/c24-16-5-8-18-19(14-16)26-21(15-3-6-17(25)7-4-15)27-22(18)28-9-11-29(12-10-28)23(30)20-2-1-13-31-20/h1-8,13-14H,9-12H2. The van der Waals surface area contributed by atoms with Crippen LogP contribution in [0.2, 0.25) is 5.02 Å². The van der Waals surface area contributed by atoms with Crippen LogP contribution in [0.1, 0.15) is 10.6 Å². The van der Waals surface area contributed by atoms with Crippen molar-refractivity contribution in [3.63, 3.8) is 0 Å². The number of carbonyl (C=O) groups is 1. The summed E-state index contributed by atoms with van der Waals surface area (Å²) < 4.78 is 18.6. The van der Waals surface area contributed by atoms with Crippen LogP contribution in [0.15, 0.2) is 65.3 Å². The number of piperazine rings is 1. The number of furan rings is 1. The summed E-state index contributed by atoms with van der Waals surface area (Å²) >= 11 is 6.20. The monoisotopic (exact) mass is 436 g/mol. The molecule has 2 aromatic carbocycles. The summed E-state index contributed by atoms with van der Waals surface area (Å²) in [4.78, 5) is 25.9. The van der Waals surface area contributed by atoms with Crippen LogP contribution in [0.3, 0.4) is 0 Å². The van der Waals surface area contributed by atoms with Crippen molar-refractivity contribution in [3.05, 3.63) is 77.5 Å². The molecule has 1 amide bonds. The van der Waals surface area contributed by atoms with Crippen LogP contribution in [0, 0.1) is 5.82 Å². The first kappa shape index (κ1) is 19.5. The van der Waals surface area contributed by atoms with Crippen molar-refractivity contribution in [2.24, 2.45) is 0 Å². The summed E-state index contributed by atoms with van der Waals surface area (Å²) in [6.45, 7) is 2.32. The molecule has 1 saturated heterocycles. The van der Waals surface area contributed by atoms with E-state index in [1.165, 1.54) is 18.4 Å². The number of hydrogen-bond acceptors (Lipinski definition) is 5. The Kier molecular flexibility index (Phi) is 5.03. The SMILES string of the molecule is O=C(c1ccco1)N1CCN(c2nc(-c3ccc(F)cc3)nc3cc(Cl)ccc23)CC1. The van der Waals surface area contributed by atoms with Gasteiger partial charge in [0.15, 0.2) is 11.6 Å². The lowest BCUT2D eigenvalue weighted by Crippen LogP contribution is -2.49. The predicted molar refractivity (Wildman–Crippen MR) is 117 cm³/mol. The molecule has 0 spiro atoms. The number of carbonyl (C=O) groups excluding carboxylic acids is 1. The highest BCUT2D eigenvalue weighted by molar-refractivity contribution is 6.31. The summed E-state index contributed by atoms with van der Waals surface area (Å²) in [6, 6.07) is 15.0. The molecule has 1 fully saturated rings. The molecule has 0 radical (unpaired) electrons. The summed E-state index contributed by atoms with van der Waals surface area (Å²) in [5.41, 5.74) is 1.43. The zero-order chi connectivity index (χ0) is 21.4. The summed E-state index contributed by atoms with van der Waals surface area (Å²) in [5, 5.41) is 1.46. The molecule has 0 unspecified atom stereocenters. The van der Waals surface area contributed by atoms with Crippen molar-refractivity contribution < 1.29 is 13.6 Å². The second kappa shape index (κ2) is 8.00. The smallest absolute Gasteiger partial charge is 0.289 e. The van der Waals surface area contributed by atoms with Gasteiger partial charge in [-0.15, -0.1) is 0 Å². The van der Waals surface area contributed by atoms with E-state index in [0.29, 0.717) is 48.3 Å². The van der Waals surface area contributed by atoms with E-state index in [1.54, 1.807) is 35.2 Å². The van der Waals surface area contributed by atoms with Crippen LogP contribution in [-0.2, 0) is 0 Å². The highest BCUT2D eigenvalue weighted by Crippen LogP contribution is 2.30. The first-order valence-electron chi connectivity index (χ1n) is 9.89. The average Bonchev–Trinajstić information content (AvgIpc) is 3.33. The summed E-state index contributed by atoms with van der Waals surface area (Å²) in [7, 11) is 0. The molecule has 4 aromatic rings. The number of hydrogen-bond donors (Lipinski definition) is 0. The Morgan fingerprint density at radius 3 is 2.48 bits per heavy atom. The topological polar surface area (TPSA) is 62.5 Å². The van der Waals surface area contributed by atoms with Crippen molar-refractivity contribution in [1.82, 2.24) is 14.9 Å². The Hall–Kier alpha value is -3.45. The maximum atomic E-state index is 13.4. The van der Waals surface area contributed by atoms with Gasteiger partial charge in [0.1, 0.15) is 11.6 Å². The molecule has 0 bridgehead atoms. The third kappa shape index (κ3) is 3.84. The molecule has 6 nitrogen and oxygen atoms in total. The molecule has 3 heterocycles. The minimum Gasteiger partial charge on any atom is -0.459 e. The Morgan fingerprint density at radius 2 is 1.77 bits per heavy atom. The van der Waals surface area contributed by atoms with Gasteiger partial charge in [-0.25, -0.2) is 14.4 Å². The fraction of sp³-hybridized carbons (Fsp3) is 0.174. The van der Waals surface area contributed by atoms with E-state index in [4.69, 9.17) is 21.0 Å². The van der Waals surface area contributed by atoms with Crippen LogP contribution in [0.4, 0.5) is 10.2 Å². The molecular formula is C23H18ClFN4O2. The normalized spacial score (nSPS) is 14.3. The van der Waals surface area contributed by atoms with Gasteiger partial charge >= 0.3 is 0 Å². The number of anilines is 1. The molecular weight excluding hydrogens is 419 g/mol. The Morgan fingerprint density at radius 1 is 1.00 bits per heavy atom. The van der Waals surface area contributed by atoms with Crippen molar-refractivity contribution in [2.45, 2.75) is 0 Å². The number of rotatable bonds is 3. The highest BCUT2D eigenvalue weighted by atomic mass is 35.5. The molecule has 31 heavy (non-hydrogen) atoms. The van der Waals surface area contributed by atoms with Gasteiger partial charge in [0.25, 0.3) is 5.91 Å². The van der Waals surface area contributed by atoms with E-state index in [2.05, 4.69) is 9.88 Å². The summed E-state index contributed by atoms with van der Waals surface area (Å²) in [6.07, 6.45) is 1.50. The summed E-state index contributed by atoms with van der Waals surface area (Å²) in [5.74, 6) is 1.18. The van der Waals surface area contributed by atoms with Crippen LogP contribution in [-0.4, -0.2) is 47.0 Å². The molecule has 2 aromatic heterocycles. The Bertz CT molecular complexity index is 1240. The van der Waals surface area contributed by atoms with E-state index in [-0.39, 0.29) is 11.7 Å². The fourth-order valence-corrected chi connectivity index (χ4v) is 3.90. The first-order valence-corrected chi connectivity index (χ1v) is 10.3. The Balaban J connectivity index is 1.47. The second-order valence-electron chi connectivity index (χ2n) is 7.30. The minimum atomic E-state index is -0.315. The Labute approximate surface area is 182 Å². The zero-order valence-corrected chi connectivity index (χ0v) is 17.2. The van der Waals surface area contributed by atoms with Gasteiger partial charge in [-0.1, -0.05) is 11.6 Å².